The largest absolute Gasteiger partial charge is 0.369 e. The van der Waals surface area contributed by atoms with E-state index in [9.17, 15) is 4.79 Å². The number of amides is 1. The van der Waals surface area contributed by atoms with Crippen LogP contribution >= 0.6 is 12.4 Å². The molecule has 5 heteroatoms. The van der Waals surface area contributed by atoms with Gasteiger partial charge in [-0.1, -0.05) is 30.3 Å². The van der Waals surface area contributed by atoms with E-state index in [1.165, 1.54) is 0 Å². The van der Waals surface area contributed by atoms with Crippen LogP contribution in [0.25, 0.3) is 0 Å². The Morgan fingerprint density at radius 1 is 1.29 bits per heavy atom. The quantitative estimate of drug-likeness (QED) is 0.908. The van der Waals surface area contributed by atoms with E-state index in [-0.39, 0.29) is 35.9 Å². The Kier molecular flexibility index (Phi) is 4.91. The van der Waals surface area contributed by atoms with Gasteiger partial charge < -0.3 is 15.0 Å². The maximum Gasteiger partial charge on any atom is 0.228 e. The Hall–Kier alpha value is -1.10. The van der Waals surface area contributed by atoms with Gasteiger partial charge in [-0.3, -0.25) is 4.79 Å². The normalized spacial score (nSPS) is 24.9. The van der Waals surface area contributed by atoms with E-state index >= 15 is 0 Å². The van der Waals surface area contributed by atoms with Crippen molar-refractivity contribution < 1.29 is 9.53 Å². The van der Waals surface area contributed by atoms with Gasteiger partial charge in [0.1, 0.15) is 6.10 Å². The van der Waals surface area contributed by atoms with Gasteiger partial charge in [0, 0.05) is 13.1 Å². The molecule has 3 rings (SSSR count). The van der Waals surface area contributed by atoms with Crippen molar-refractivity contribution in [2.75, 3.05) is 26.2 Å². The SMILES string of the molecule is CC1(C)COC(c2ccccc2)CN1C(=O)C1CNC1.Cl. The van der Waals surface area contributed by atoms with Crippen LogP contribution in [0.5, 0.6) is 0 Å². The number of ether oxygens (including phenoxy) is 1. The molecule has 2 aliphatic heterocycles. The zero-order valence-electron chi connectivity index (χ0n) is 12.5. The minimum absolute atomic E-state index is 0. The molecule has 0 spiro atoms. The first-order chi connectivity index (χ1) is 9.58. The number of rotatable bonds is 2. The molecular weight excluding hydrogens is 288 g/mol. The van der Waals surface area contributed by atoms with Gasteiger partial charge in [0.05, 0.1) is 24.6 Å². The first kappa shape index (κ1) is 16.3. The summed E-state index contributed by atoms with van der Waals surface area (Å²) in [5.41, 5.74) is 0.922. The van der Waals surface area contributed by atoms with Crippen molar-refractivity contribution in [3.8, 4) is 0 Å². The number of nitrogens with zero attached hydrogens (tertiary/aromatic N) is 1. The lowest BCUT2D eigenvalue weighted by Crippen LogP contribution is -2.61. The van der Waals surface area contributed by atoms with Crippen molar-refractivity contribution in [3.05, 3.63) is 35.9 Å². The van der Waals surface area contributed by atoms with Crippen molar-refractivity contribution in [2.45, 2.75) is 25.5 Å². The van der Waals surface area contributed by atoms with Gasteiger partial charge in [-0.15, -0.1) is 12.4 Å². The van der Waals surface area contributed by atoms with E-state index in [0.29, 0.717) is 13.2 Å². The molecule has 1 amide bonds. The Morgan fingerprint density at radius 3 is 2.52 bits per heavy atom. The highest BCUT2D eigenvalue weighted by molar-refractivity contribution is 5.85. The molecule has 0 aliphatic carbocycles. The van der Waals surface area contributed by atoms with Crippen molar-refractivity contribution >= 4 is 18.3 Å². The van der Waals surface area contributed by atoms with E-state index < -0.39 is 0 Å². The third-order valence-corrected chi connectivity index (χ3v) is 4.28. The molecule has 2 heterocycles. The number of halogens is 1. The molecule has 0 aromatic heterocycles. The molecule has 0 radical (unpaired) electrons. The summed E-state index contributed by atoms with van der Waals surface area (Å²) in [6.45, 7) is 7.01. The lowest BCUT2D eigenvalue weighted by atomic mass is 9.93. The molecule has 0 bridgehead atoms. The van der Waals surface area contributed by atoms with Gasteiger partial charge in [-0.05, 0) is 19.4 Å². The van der Waals surface area contributed by atoms with Crippen LogP contribution in [0.1, 0.15) is 25.5 Å². The molecule has 21 heavy (non-hydrogen) atoms. The lowest BCUT2D eigenvalue weighted by molar-refractivity contribution is -0.160. The minimum Gasteiger partial charge on any atom is -0.369 e. The highest BCUT2D eigenvalue weighted by Gasteiger charge is 2.41. The number of carbonyl (C=O) groups excluding carboxylic acids is 1. The average Bonchev–Trinajstić information content (AvgIpc) is 2.37. The molecule has 1 unspecified atom stereocenters. The Balaban J connectivity index is 0.00000161. The van der Waals surface area contributed by atoms with E-state index in [2.05, 4.69) is 31.3 Å². The van der Waals surface area contributed by atoms with E-state index in [1.807, 2.05) is 23.1 Å². The fraction of sp³-hybridized carbons (Fsp3) is 0.562. The van der Waals surface area contributed by atoms with Crippen LogP contribution in [-0.2, 0) is 9.53 Å². The summed E-state index contributed by atoms with van der Waals surface area (Å²) in [4.78, 5) is 14.6. The topological polar surface area (TPSA) is 41.6 Å². The molecule has 1 atom stereocenters. The van der Waals surface area contributed by atoms with Gasteiger partial charge in [-0.2, -0.15) is 0 Å². The molecule has 1 N–H and O–H groups in total. The van der Waals surface area contributed by atoms with Crippen LogP contribution in [0.15, 0.2) is 30.3 Å². The number of carbonyl (C=O) groups is 1. The monoisotopic (exact) mass is 310 g/mol. The van der Waals surface area contributed by atoms with E-state index in [0.717, 1.165) is 18.7 Å². The lowest BCUT2D eigenvalue weighted by Gasteiger charge is -2.47. The third kappa shape index (κ3) is 3.23. The highest BCUT2D eigenvalue weighted by atomic mass is 35.5. The third-order valence-electron chi connectivity index (χ3n) is 4.28. The predicted octanol–water partition coefficient (Wildman–Crippen LogP) is 2.01. The van der Waals surface area contributed by atoms with Gasteiger partial charge in [0.15, 0.2) is 0 Å². The van der Waals surface area contributed by atoms with Gasteiger partial charge in [0.25, 0.3) is 0 Å². The van der Waals surface area contributed by atoms with Crippen molar-refractivity contribution in [1.82, 2.24) is 10.2 Å². The van der Waals surface area contributed by atoms with Crippen LogP contribution < -0.4 is 5.32 Å². The molecule has 116 valence electrons. The summed E-state index contributed by atoms with van der Waals surface area (Å²) in [6, 6.07) is 10.2. The van der Waals surface area contributed by atoms with Crippen molar-refractivity contribution in [1.29, 1.82) is 0 Å². The summed E-state index contributed by atoms with van der Waals surface area (Å²) in [7, 11) is 0. The van der Waals surface area contributed by atoms with Gasteiger partial charge >= 0.3 is 0 Å². The Morgan fingerprint density at radius 2 is 1.95 bits per heavy atom. The summed E-state index contributed by atoms with van der Waals surface area (Å²) in [5, 5.41) is 3.17. The number of hydrogen-bond acceptors (Lipinski definition) is 3. The van der Waals surface area contributed by atoms with Gasteiger partial charge in [-0.25, -0.2) is 0 Å². The van der Waals surface area contributed by atoms with Crippen LogP contribution in [0.3, 0.4) is 0 Å². The summed E-state index contributed by atoms with van der Waals surface area (Å²) in [6.07, 6.45) is -0.0128. The molecule has 1 aromatic rings. The number of morpholine rings is 1. The summed E-state index contributed by atoms with van der Waals surface area (Å²) >= 11 is 0. The smallest absolute Gasteiger partial charge is 0.228 e. The second-order valence-electron chi connectivity index (χ2n) is 6.33. The second kappa shape index (κ2) is 6.34. The van der Waals surface area contributed by atoms with Crippen molar-refractivity contribution in [2.24, 2.45) is 5.92 Å². The van der Waals surface area contributed by atoms with Crippen LogP contribution in [0.2, 0.25) is 0 Å². The first-order valence-electron chi connectivity index (χ1n) is 7.27. The fourth-order valence-corrected chi connectivity index (χ4v) is 2.79. The maximum atomic E-state index is 12.6. The molecule has 2 fully saturated rings. The molecule has 2 saturated heterocycles. The molecule has 0 saturated carbocycles. The summed E-state index contributed by atoms with van der Waals surface area (Å²) < 4.78 is 5.98. The highest BCUT2D eigenvalue weighted by Crippen LogP contribution is 2.31. The van der Waals surface area contributed by atoms with Gasteiger partial charge in [0.2, 0.25) is 5.91 Å². The minimum atomic E-state index is -0.224. The van der Waals surface area contributed by atoms with Crippen LogP contribution in [-0.4, -0.2) is 42.6 Å². The van der Waals surface area contributed by atoms with E-state index in [4.69, 9.17) is 4.74 Å². The van der Waals surface area contributed by atoms with Crippen LogP contribution in [0.4, 0.5) is 0 Å². The standard InChI is InChI=1S/C16H22N2O2.ClH/c1-16(2)11-20-14(12-6-4-3-5-7-12)10-18(16)15(19)13-8-17-9-13;/h3-7,13-14,17H,8-11H2,1-2H3;1H. The fourth-order valence-electron chi connectivity index (χ4n) is 2.79. The Labute approximate surface area is 132 Å². The molecule has 1 aromatic carbocycles. The molecule has 4 nitrogen and oxygen atoms in total. The average molecular weight is 311 g/mol. The summed E-state index contributed by atoms with van der Waals surface area (Å²) in [5.74, 6) is 0.404. The molecule has 2 aliphatic rings. The number of benzene rings is 1. The molecular formula is C16H23ClN2O2. The Bertz CT molecular complexity index is 488. The first-order valence-corrected chi connectivity index (χ1v) is 7.27. The zero-order chi connectivity index (χ0) is 14.2. The maximum absolute atomic E-state index is 12.6. The van der Waals surface area contributed by atoms with Crippen LogP contribution in [0, 0.1) is 5.92 Å². The second-order valence-corrected chi connectivity index (χ2v) is 6.33. The number of nitrogens with one attached hydrogen (secondary N) is 1. The van der Waals surface area contributed by atoms with E-state index in [1.54, 1.807) is 0 Å². The van der Waals surface area contributed by atoms with Crippen molar-refractivity contribution in [3.63, 3.8) is 0 Å². The number of hydrogen-bond donors (Lipinski definition) is 1. The zero-order valence-corrected chi connectivity index (χ0v) is 13.4. The predicted molar refractivity (Wildman–Crippen MR) is 84.5 cm³/mol.